The number of hydrogen-bond donors (Lipinski definition) is 2. The van der Waals surface area contributed by atoms with Crippen LogP contribution in [0.15, 0.2) is 89.1 Å². The van der Waals surface area contributed by atoms with Crippen LogP contribution in [-0.2, 0) is 20.7 Å². The Balaban J connectivity index is 1.47. The molecule has 0 radical (unpaired) electrons. The van der Waals surface area contributed by atoms with Gasteiger partial charge in [-0.1, -0.05) is 36.4 Å². The average Bonchev–Trinajstić information content (AvgIpc) is 3.38. The van der Waals surface area contributed by atoms with Crippen molar-refractivity contribution in [3.63, 3.8) is 0 Å². The molecule has 10 heteroatoms. The van der Waals surface area contributed by atoms with E-state index in [9.17, 15) is 14.4 Å². The molecule has 4 aromatic rings. The van der Waals surface area contributed by atoms with Crippen LogP contribution < -0.4 is 15.4 Å². The van der Waals surface area contributed by atoms with Crippen LogP contribution in [0.25, 0.3) is 0 Å². The molecule has 0 aliphatic heterocycles. The lowest BCUT2D eigenvalue weighted by Gasteiger charge is -2.17. The van der Waals surface area contributed by atoms with Crippen LogP contribution in [-0.4, -0.2) is 36.5 Å². The number of aromatic nitrogens is 1. The van der Waals surface area contributed by atoms with Crippen molar-refractivity contribution in [2.24, 2.45) is 0 Å². The summed E-state index contributed by atoms with van der Waals surface area (Å²) < 4.78 is 10.1. The van der Waals surface area contributed by atoms with Crippen molar-refractivity contribution in [2.75, 3.05) is 24.4 Å². The van der Waals surface area contributed by atoms with Gasteiger partial charge in [-0.2, -0.15) is 0 Å². The van der Waals surface area contributed by atoms with Gasteiger partial charge in [0.05, 0.1) is 25.8 Å². The minimum Gasteiger partial charge on any atom is -0.497 e. The quantitative estimate of drug-likeness (QED) is 0.171. The van der Waals surface area contributed by atoms with Crippen LogP contribution in [0.3, 0.4) is 0 Å². The lowest BCUT2D eigenvalue weighted by Crippen LogP contribution is -2.19. The number of carbonyl (C=O) groups excluding carboxylic acids is 3. The summed E-state index contributed by atoms with van der Waals surface area (Å²) in [6, 6.07) is 23.6. The second-order valence-electron chi connectivity index (χ2n) is 8.23. The van der Waals surface area contributed by atoms with Gasteiger partial charge in [0.2, 0.25) is 5.91 Å². The summed E-state index contributed by atoms with van der Waals surface area (Å²) in [4.78, 5) is 43.1. The molecule has 2 amide bonds. The first-order chi connectivity index (χ1) is 18.9. The van der Waals surface area contributed by atoms with E-state index in [-0.39, 0.29) is 24.2 Å². The average molecular weight is 562 g/mol. The molecule has 1 heterocycles. The van der Waals surface area contributed by atoms with Crippen LogP contribution in [0, 0.1) is 0 Å². The maximum Gasteiger partial charge on any atom is 0.311 e. The number of rotatable bonds is 11. The van der Waals surface area contributed by atoms with Crippen molar-refractivity contribution in [2.45, 2.75) is 23.5 Å². The zero-order chi connectivity index (χ0) is 27.6. The summed E-state index contributed by atoms with van der Waals surface area (Å²) in [5, 5.41) is 7.33. The second kappa shape index (κ2) is 13.6. The maximum absolute atomic E-state index is 13.4. The molecule has 0 bridgehead atoms. The number of carbonyl (C=O) groups is 3. The Morgan fingerprint density at radius 2 is 1.74 bits per heavy atom. The minimum absolute atomic E-state index is 0.0477. The van der Waals surface area contributed by atoms with Crippen molar-refractivity contribution in [1.82, 2.24) is 4.98 Å². The molecule has 39 heavy (non-hydrogen) atoms. The smallest absolute Gasteiger partial charge is 0.311 e. The van der Waals surface area contributed by atoms with Crippen LogP contribution in [0.5, 0.6) is 5.75 Å². The number of esters is 1. The van der Waals surface area contributed by atoms with Gasteiger partial charge in [0.1, 0.15) is 11.0 Å². The van der Waals surface area contributed by atoms with E-state index >= 15 is 0 Å². The molecule has 0 aliphatic rings. The Morgan fingerprint density at radius 3 is 2.46 bits per heavy atom. The van der Waals surface area contributed by atoms with Crippen molar-refractivity contribution in [3.8, 4) is 5.75 Å². The Bertz CT molecular complexity index is 1420. The molecule has 0 fully saturated rings. The summed E-state index contributed by atoms with van der Waals surface area (Å²) in [5.41, 5.74) is 2.46. The molecular formula is C29H27N3O5S2. The number of methoxy groups -OCH3 is 1. The molecule has 200 valence electrons. The topological polar surface area (TPSA) is 107 Å². The molecule has 0 saturated heterocycles. The standard InChI is InChI=1S/C29H27N3O5S2/c1-3-37-25(33)17-22-18-38-29(31-22)32-28(35)26(19-8-5-4-6-9-19)39-24-11-7-10-21(16-24)30-27(34)20-12-14-23(36-2)15-13-20/h4-16,18,26H,3,17H2,1-2H3,(H,30,34)(H,31,32,35). The first kappa shape index (κ1) is 27.9. The normalized spacial score (nSPS) is 11.3. The van der Waals surface area contributed by atoms with E-state index in [2.05, 4.69) is 15.6 Å². The van der Waals surface area contributed by atoms with E-state index in [1.807, 2.05) is 48.5 Å². The molecule has 1 aromatic heterocycles. The Labute approximate surface area is 234 Å². The summed E-state index contributed by atoms with van der Waals surface area (Å²) >= 11 is 2.61. The molecule has 0 aliphatic carbocycles. The van der Waals surface area contributed by atoms with Gasteiger partial charge in [-0.15, -0.1) is 23.1 Å². The van der Waals surface area contributed by atoms with Gasteiger partial charge in [-0.3, -0.25) is 14.4 Å². The molecule has 1 unspecified atom stereocenters. The minimum atomic E-state index is -0.587. The highest BCUT2D eigenvalue weighted by Gasteiger charge is 2.23. The first-order valence-electron chi connectivity index (χ1n) is 12.1. The molecular weight excluding hydrogens is 534 g/mol. The summed E-state index contributed by atoms with van der Waals surface area (Å²) in [6.45, 7) is 2.05. The second-order valence-corrected chi connectivity index (χ2v) is 10.3. The van der Waals surface area contributed by atoms with Crippen molar-refractivity contribution in [3.05, 3.63) is 101 Å². The van der Waals surface area contributed by atoms with Gasteiger partial charge < -0.3 is 20.1 Å². The Kier molecular flexibility index (Phi) is 9.71. The lowest BCUT2D eigenvalue weighted by atomic mass is 10.1. The van der Waals surface area contributed by atoms with Crippen LogP contribution >= 0.6 is 23.1 Å². The number of thioether (sulfide) groups is 1. The van der Waals surface area contributed by atoms with Crippen molar-refractivity contribution < 1.29 is 23.9 Å². The van der Waals surface area contributed by atoms with Crippen molar-refractivity contribution >= 4 is 51.7 Å². The fraction of sp³-hybridized carbons (Fsp3) is 0.172. The number of thiazole rings is 1. The summed E-state index contributed by atoms with van der Waals surface area (Å²) in [6.07, 6.45) is 0.0477. The fourth-order valence-corrected chi connectivity index (χ4v) is 5.40. The number of ether oxygens (including phenoxy) is 2. The van der Waals surface area contributed by atoms with Crippen molar-refractivity contribution in [1.29, 1.82) is 0 Å². The fourth-order valence-electron chi connectivity index (χ4n) is 3.61. The van der Waals surface area contributed by atoms with Gasteiger partial charge >= 0.3 is 5.97 Å². The molecule has 3 aromatic carbocycles. The predicted molar refractivity (Wildman–Crippen MR) is 154 cm³/mol. The predicted octanol–water partition coefficient (Wildman–Crippen LogP) is 5.98. The zero-order valence-electron chi connectivity index (χ0n) is 21.4. The van der Waals surface area contributed by atoms with Crippen LogP contribution in [0.1, 0.15) is 33.8 Å². The van der Waals surface area contributed by atoms with E-state index in [1.54, 1.807) is 49.7 Å². The van der Waals surface area contributed by atoms with Gasteiger partial charge in [-0.05, 0) is 55.0 Å². The number of nitrogens with zero attached hydrogens (tertiary/aromatic N) is 1. The third kappa shape index (κ3) is 7.92. The van der Waals surface area contributed by atoms with Crippen LogP contribution in [0.4, 0.5) is 10.8 Å². The highest BCUT2D eigenvalue weighted by Crippen LogP contribution is 2.37. The number of nitrogens with one attached hydrogen (secondary N) is 2. The molecule has 1 atom stereocenters. The van der Waals surface area contributed by atoms with E-state index in [1.165, 1.54) is 23.1 Å². The van der Waals surface area contributed by atoms with E-state index in [0.717, 1.165) is 10.5 Å². The molecule has 0 spiro atoms. The number of hydrogen-bond acceptors (Lipinski definition) is 8. The SMILES string of the molecule is CCOC(=O)Cc1csc(NC(=O)C(Sc2cccc(NC(=O)c3ccc(OC)cc3)c2)c2ccccc2)n1. The lowest BCUT2D eigenvalue weighted by molar-refractivity contribution is -0.142. The Hall–Kier alpha value is -4.15. The number of amides is 2. The number of benzene rings is 3. The third-order valence-electron chi connectivity index (χ3n) is 5.45. The van der Waals surface area contributed by atoms with Gasteiger partial charge in [0.15, 0.2) is 5.13 Å². The Morgan fingerprint density at radius 1 is 0.974 bits per heavy atom. The summed E-state index contributed by atoms with van der Waals surface area (Å²) in [5.74, 6) is -0.198. The highest BCUT2D eigenvalue weighted by molar-refractivity contribution is 8.00. The monoisotopic (exact) mass is 561 g/mol. The molecule has 2 N–H and O–H groups in total. The zero-order valence-corrected chi connectivity index (χ0v) is 23.0. The van der Waals surface area contributed by atoms with E-state index < -0.39 is 5.25 Å². The molecule has 4 rings (SSSR count). The number of anilines is 2. The van der Waals surface area contributed by atoms with Gasteiger partial charge in [-0.25, -0.2) is 4.98 Å². The van der Waals surface area contributed by atoms with Gasteiger partial charge in [0.25, 0.3) is 5.91 Å². The van der Waals surface area contributed by atoms with E-state index in [4.69, 9.17) is 9.47 Å². The molecule has 8 nitrogen and oxygen atoms in total. The summed E-state index contributed by atoms with van der Waals surface area (Å²) in [7, 11) is 1.57. The first-order valence-corrected chi connectivity index (χ1v) is 13.9. The van der Waals surface area contributed by atoms with Crippen LogP contribution in [0.2, 0.25) is 0 Å². The third-order valence-corrected chi connectivity index (χ3v) is 7.51. The largest absolute Gasteiger partial charge is 0.497 e. The van der Waals surface area contributed by atoms with Gasteiger partial charge in [0, 0.05) is 21.5 Å². The maximum atomic E-state index is 13.4. The molecule has 0 saturated carbocycles. The van der Waals surface area contributed by atoms with E-state index in [0.29, 0.717) is 34.4 Å². The highest BCUT2D eigenvalue weighted by atomic mass is 32.2.